The molecule has 18 heavy (non-hydrogen) atoms. The molecule has 0 aliphatic carbocycles. The number of oxazole rings is 1. The van der Waals surface area contributed by atoms with Gasteiger partial charge in [0, 0.05) is 13.7 Å². The van der Waals surface area contributed by atoms with Gasteiger partial charge in [-0.15, -0.1) is 0 Å². The van der Waals surface area contributed by atoms with Crippen LogP contribution in [0.3, 0.4) is 0 Å². The number of fused-ring (bicyclic) bond motifs is 1. The summed E-state index contributed by atoms with van der Waals surface area (Å²) in [6, 6.07) is 4.88. The van der Waals surface area contributed by atoms with Gasteiger partial charge in [0.25, 0.3) is 0 Å². The van der Waals surface area contributed by atoms with Crippen LogP contribution in [0.1, 0.15) is 17.9 Å². The van der Waals surface area contributed by atoms with Crippen molar-refractivity contribution in [2.45, 2.75) is 12.3 Å². The first-order chi connectivity index (χ1) is 8.61. The molecule has 0 saturated carbocycles. The molecule has 0 spiro atoms. The van der Waals surface area contributed by atoms with Crippen molar-refractivity contribution < 1.29 is 19.1 Å². The molecule has 6 nitrogen and oxygen atoms in total. The van der Waals surface area contributed by atoms with E-state index in [1.165, 1.54) is 7.11 Å². The molecule has 0 saturated heterocycles. The van der Waals surface area contributed by atoms with E-state index in [9.17, 15) is 14.7 Å². The third kappa shape index (κ3) is 2.43. The fraction of sp³-hybridized carbons (Fsp3) is 0.333. The number of ether oxygens (including phenoxy) is 1. The first-order valence-corrected chi connectivity index (χ1v) is 5.46. The van der Waals surface area contributed by atoms with Crippen LogP contribution in [0.4, 0.5) is 0 Å². The molecular formula is C12H13NO5. The number of aromatic amines is 1. The third-order valence-electron chi connectivity index (χ3n) is 2.76. The summed E-state index contributed by atoms with van der Waals surface area (Å²) in [4.78, 5) is 24.7. The molecular weight excluding hydrogens is 238 g/mol. The Morgan fingerprint density at radius 3 is 3.00 bits per heavy atom. The molecule has 0 bridgehead atoms. The number of carboxylic acids is 1. The van der Waals surface area contributed by atoms with Crippen LogP contribution in [-0.2, 0) is 9.53 Å². The highest BCUT2D eigenvalue weighted by molar-refractivity contribution is 5.79. The molecule has 0 amide bonds. The molecule has 1 atom stereocenters. The average Bonchev–Trinajstić information content (AvgIpc) is 2.68. The Labute approximate surface area is 102 Å². The van der Waals surface area contributed by atoms with Gasteiger partial charge in [-0.2, -0.15) is 0 Å². The molecule has 6 heteroatoms. The van der Waals surface area contributed by atoms with E-state index >= 15 is 0 Å². The normalized spacial score (nSPS) is 12.7. The van der Waals surface area contributed by atoms with Crippen molar-refractivity contribution in [1.82, 2.24) is 4.98 Å². The lowest BCUT2D eigenvalue weighted by Crippen LogP contribution is -2.13. The Bertz CT molecular complexity index is 612. The van der Waals surface area contributed by atoms with Crippen molar-refractivity contribution in [2.24, 2.45) is 0 Å². The molecule has 1 aromatic heterocycles. The van der Waals surface area contributed by atoms with Crippen molar-refractivity contribution >= 4 is 17.1 Å². The number of methoxy groups -OCH3 is 1. The quantitative estimate of drug-likeness (QED) is 0.836. The smallest absolute Gasteiger partial charge is 0.417 e. The van der Waals surface area contributed by atoms with Gasteiger partial charge in [-0.25, -0.2) is 4.79 Å². The highest BCUT2D eigenvalue weighted by Gasteiger charge is 2.20. The maximum atomic E-state index is 11.2. The number of benzene rings is 1. The fourth-order valence-corrected chi connectivity index (χ4v) is 1.85. The standard InChI is InChI=1S/C12H13NO5/c1-17-5-4-8(11(14)15)7-2-3-9-10(6-7)18-12(16)13-9/h2-3,6,8H,4-5H2,1H3,(H,13,16)(H,14,15). The molecule has 2 N–H and O–H groups in total. The van der Waals surface area contributed by atoms with Crippen molar-refractivity contribution in [1.29, 1.82) is 0 Å². The molecule has 0 aliphatic rings. The number of hydrogen-bond donors (Lipinski definition) is 2. The summed E-state index contributed by atoms with van der Waals surface area (Å²) in [5.74, 6) is -2.15. The van der Waals surface area contributed by atoms with Gasteiger partial charge in [-0.1, -0.05) is 6.07 Å². The van der Waals surface area contributed by atoms with E-state index in [0.29, 0.717) is 29.7 Å². The monoisotopic (exact) mass is 251 g/mol. The molecule has 1 unspecified atom stereocenters. The van der Waals surface area contributed by atoms with Gasteiger partial charge in [-0.05, 0) is 24.1 Å². The minimum Gasteiger partial charge on any atom is -0.481 e. The van der Waals surface area contributed by atoms with Crippen LogP contribution >= 0.6 is 0 Å². The second-order valence-electron chi connectivity index (χ2n) is 3.94. The van der Waals surface area contributed by atoms with Crippen molar-refractivity contribution in [3.63, 3.8) is 0 Å². The number of carboxylic acid groups (broad SMARTS) is 1. The summed E-state index contributed by atoms with van der Waals surface area (Å²) in [5.41, 5.74) is 1.51. The SMILES string of the molecule is COCCC(C(=O)O)c1ccc2[nH]c(=O)oc2c1. The first-order valence-electron chi connectivity index (χ1n) is 5.46. The van der Waals surface area contributed by atoms with Gasteiger partial charge in [-0.3, -0.25) is 9.78 Å². The number of H-pyrrole nitrogens is 1. The minimum atomic E-state index is -0.927. The zero-order chi connectivity index (χ0) is 13.1. The van der Waals surface area contributed by atoms with Crippen molar-refractivity contribution in [2.75, 3.05) is 13.7 Å². The van der Waals surface area contributed by atoms with Gasteiger partial charge in [0.1, 0.15) is 0 Å². The molecule has 1 aromatic carbocycles. The second-order valence-corrected chi connectivity index (χ2v) is 3.94. The summed E-state index contributed by atoms with van der Waals surface area (Å²) in [5, 5.41) is 9.17. The zero-order valence-electron chi connectivity index (χ0n) is 9.80. The summed E-state index contributed by atoms with van der Waals surface area (Å²) in [6.07, 6.45) is 0.367. The van der Waals surface area contributed by atoms with E-state index in [0.717, 1.165) is 0 Å². The summed E-state index contributed by atoms with van der Waals surface area (Å²) >= 11 is 0. The summed E-state index contributed by atoms with van der Waals surface area (Å²) < 4.78 is 9.80. The van der Waals surface area contributed by atoms with Gasteiger partial charge in [0.05, 0.1) is 11.4 Å². The highest BCUT2D eigenvalue weighted by atomic mass is 16.5. The number of hydrogen-bond acceptors (Lipinski definition) is 4. The van der Waals surface area contributed by atoms with Crippen LogP contribution < -0.4 is 5.76 Å². The van der Waals surface area contributed by atoms with E-state index in [-0.39, 0.29) is 0 Å². The number of nitrogens with one attached hydrogen (secondary N) is 1. The maximum Gasteiger partial charge on any atom is 0.417 e. The molecule has 96 valence electrons. The Balaban J connectivity index is 2.37. The highest BCUT2D eigenvalue weighted by Crippen LogP contribution is 2.23. The summed E-state index contributed by atoms with van der Waals surface area (Å²) in [6.45, 7) is 0.353. The molecule has 1 heterocycles. The predicted molar refractivity (Wildman–Crippen MR) is 63.7 cm³/mol. The lowest BCUT2D eigenvalue weighted by atomic mass is 9.96. The largest absolute Gasteiger partial charge is 0.481 e. The maximum absolute atomic E-state index is 11.2. The third-order valence-corrected chi connectivity index (χ3v) is 2.76. The van der Waals surface area contributed by atoms with Crippen LogP contribution in [0.5, 0.6) is 0 Å². The second kappa shape index (κ2) is 5.05. The van der Waals surface area contributed by atoms with Gasteiger partial charge in [0.15, 0.2) is 5.58 Å². The lowest BCUT2D eigenvalue weighted by molar-refractivity contribution is -0.139. The van der Waals surface area contributed by atoms with Crippen LogP contribution in [-0.4, -0.2) is 29.8 Å². The molecule has 2 aromatic rings. The topological polar surface area (TPSA) is 92.5 Å². The molecule has 2 rings (SSSR count). The Hall–Kier alpha value is -2.08. The van der Waals surface area contributed by atoms with E-state index < -0.39 is 17.6 Å². The van der Waals surface area contributed by atoms with Crippen LogP contribution in [0.15, 0.2) is 27.4 Å². The Morgan fingerprint density at radius 1 is 1.56 bits per heavy atom. The number of carbonyl (C=O) groups is 1. The number of aliphatic carboxylic acids is 1. The number of aromatic nitrogens is 1. The van der Waals surface area contributed by atoms with Crippen molar-refractivity contribution in [3.05, 3.63) is 34.3 Å². The Kier molecular flexibility index (Phi) is 3.47. The van der Waals surface area contributed by atoms with Gasteiger partial charge in [0.2, 0.25) is 0 Å². The Morgan fingerprint density at radius 2 is 2.33 bits per heavy atom. The fourth-order valence-electron chi connectivity index (χ4n) is 1.85. The number of rotatable bonds is 5. The van der Waals surface area contributed by atoms with E-state index in [2.05, 4.69) is 4.98 Å². The van der Waals surface area contributed by atoms with E-state index in [4.69, 9.17) is 9.15 Å². The zero-order valence-corrected chi connectivity index (χ0v) is 9.80. The van der Waals surface area contributed by atoms with Crippen molar-refractivity contribution in [3.8, 4) is 0 Å². The molecule has 0 fully saturated rings. The van der Waals surface area contributed by atoms with E-state index in [1.807, 2.05) is 0 Å². The van der Waals surface area contributed by atoms with Crippen LogP contribution in [0.25, 0.3) is 11.1 Å². The van der Waals surface area contributed by atoms with E-state index in [1.54, 1.807) is 18.2 Å². The average molecular weight is 251 g/mol. The molecule has 0 aliphatic heterocycles. The van der Waals surface area contributed by atoms with Gasteiger partial charge >= 0.3 is 11.7 Å². The minimum absolute atomic E-state index is 0.353. The summed E-state index contributed by atoms with van der Waals surface area (Å²) in [7, 11) is 1.52. The predicted octanol–water partition coefficient (Wildman–Crippen LogP) is 1.33. The lowest BCUT2D eigenvalue weighted by Gasteiger charge is -2.11. The first kappa shape index (κ1) is 12.4. The van der Waals surface area contributed by atoms with Gasteiger partial charge < -0.3 is 14.3 Å². The molecule has 0 radical (unpaired) electrons. The van der Waals surface area contributed by atoms with Crippen LogP contribution in [0.2, 0.25) is 0 Å². The van der Waals surface area contributed by atoms with Crippen LogP contribution in [0, 0.1) is 0 Å².